The number of nitrogens with zero attached hydrogens (tertiary/aromatic N) is 1. The van der Waals surface area contributed by atoms with Gasteiger partial charge < -0.3 is 10.0 Å². The maximum Gasteiger partial charge on any atom is 0.305 e. The number of carboxylic acids is 1. The van der Waals surface area contributed by atoms with Crippen molar-refractivity contribution in [3.05, 3.63) is 65.2 Å². The van der Waals surface area contributed by atoms with E-state index >= 15 is 0 Å². The second kappa shape index (κ2) is 6.82. The predicted octanol–water partition coefficient (Wildman–Crippen LogP) is 4.27. The van der Waals surface area contributed by atoms with Gasteiger partial charge in [-0.05, 0) is 42.2 Å². The van der Waals surface area contributed by atoms with Gasteiger partial charge in [0, 0.05) is 18.2 Å². The normalized spacial score (nSPS) is 19.2. The number of aliphatic carboxylic acids is 1. The zero-order valence-electron chi connectivity index (χ0n) is 14.1. The Balaban J connectivity index is 1.77. The highest BCUT2D eigenvalue weighted by atomic mass is 19.3. The number of hydrogen-bond acceptors (Lipinski definition) is 2. The molecule has 132 valence electrons. The summed E-state index contributed by atoms with van der Waals surface area (Å²) in [5.74, 6) is -3.90. The van der Waals surface area contributed by atoms with Gasteiger partial charge in [0.05, 0.1) is 13.0 Å². The van der Waals surface area contributed by atoms with E-state index in [-0.39, 0.29) is 6.42 Å². The van der Waals surface area contributed by atoms with Crippen molar-refractivity contribution in [3.8, 4) is 0 Å². The van der Waals surface area contributed by atoms with Gasteiger partial charge in [-0.1, -0.05) is 36.4 Å². The molecule has 2 aromatic carbocycles. The minimum absolute atomic E-state index is 0.277. The first-order valence-electron chi connectivity index (χ1n) is 8.34. The van der Waals surface area contributed by atoms with Crippen molar-refractivity contribution in [1.29, 1.82) is 0 Å². The first-order chi connectivity index (χ1) is 11.8. The van der Waals surface area contributed by atoms with E-state index < -0.39 is 30.9 Å². The number of alkyl halides is 2. The lowest BCUT2D eigenvalue weighted by atomic mass is 10.0. The Bertz CT molecular complexity index is 759. The summed E-state index contributed by atoms with van der Waals surface area (Å²) in [6, 6.07) is 14.9. The molecule has 1 atom stereocenters. The number of aryl methyl sites for hydroxylation is 1. The molecule has 0 bridgehead atoms. The minimum atomic E-state index is -2.85. The average Bonchev–Trinajstić information content (AvgIpc) is 2.84. The SMILES string of the molecule is Cc1ccccc1Cc1ccc(N2CC(F)(F)CC2CC(=O)O)cc1. The zero-order chi connectivity index (χ0) is 18.0. The van der Waals surface area contributed by atoms with Crippen LogP contribution in [0, 0.1) is 6.92 Å². The molecule has 0 amide bonds. The highest BCUT2D eigenvalue weighted by Gasteiger charge is 2.45. The lowest BCUT2D eigenvalue weighted by Gasteiger charge is -2.25. The summed E-state index contributed by atoms with van der Waals surface area (Å²) in [5.41, 5.74) is 4.19. The van der Waals surface area contributed by atoms with Crippen LogP contribution in [-0.4, -0.2) is 29.6 Å². The van der Waals surface area contributed by atoms with Crippen molar-refractivity contribution in [3.63, 3.8) is 0 Å². The fourth-order valence-corrected chi connectivity index (χ4v) is 3.42. The Kier molecular flexibility index (Phi) is 4.75. The summed E-state index contributed by atoms with van der Waals surface area (Å²) < 4.78 is 27.5. The molecule has 25 heavy (non-hydrogen) atoms. The monoisotopic (exact) mass is 345 g/mol. The smallest absolute Gasteiger partial charge is 0.305 e. The standard InChI is InChI=1S/C20H21F2NO2/c1-14-4-2-3-5-16(14)10-15-6-8-17(9-7-15)23-13-20(21,22)12-18(23)11-19(24)25/h2-9,18H,10-13H2,1H3,(H,24,25). The van der Waals surface area contributed by atoms with E-state index in [0.717, 1.165) is 12.0 Å². The molecule has 3 rings (SSSR count). The van der Waals surface area contributed by atoms with Crippen molar-refractivity contribution in [1.82, 2.24) is 0 Å². The van der Waals surface area contributed by atoms with Crippen LogP contribution in [0.4, 0.5) is 14.5 Å². The summed E-state index contributed by atoms with van der Waals surface area (Å²) in [4.78, 5) is 12.5. The van der Waals surface area contributed by atoms with Crippen LogP contribution in [0.3, 0.4) is 0 Å². The van der Waals surface area contributed by atoms with E-state index in [4.69, 9.17) is 5.11 Å². The van der Waals surface area contributed by atoms with E-state index in [1.807, 2.05) is 36.4 Å². The van der Waals surface area contributed by atoms with Gasteiger partial charge in [0.1, 0.15) is 0 Å². The first kappa shape index (κ1) is 17.4. The van der Waals surface area contributed by atoms with E-state index in [1.165, 1.54) is 16.0 Å². The fraction of sp³-hybridized carbons (Fsp3) is 0.350. The molecule has 1 saturated heterocycles. The molecule has 2 aromatic rings. The predicted molar refractivity (Wildman–Crippen MR) is 93.4 cm³/mol. The highest BCUT2D eigenvalue weighted by molar-refractivity contribution is 5.69. The van der Waals surface area contributed by atoms with Crippen LogP contribution in [0.25, 0.3) is 0 Å². The number of rotatable bonds is 5. The Morgan fingerprint density at radius 3 is 2.52 bits per heavy atom. The average molecular weight is 345 g/mol. The van der Waals surface area contributed by atoms with Crippen molar-refractivity contribution in [2.24, 2.45) is 0 Å². The van der Waals surface area contributed by atoms with E-state index in [2.05, 4.69) is 19.1 Å². The van der Waals surface area contributed by atoms with Gasteiger partial charge >= 0.3 is 5.97 Å². The second-order valence-corrected chi connectivity index (χ2v) is 6.71. The van der Waals surface area contributed by atoms with Crippen LogP contribution >= 0.6 is 0 Å². The first-order valence-corrected chi connectivity index (χ1v) is 8.34. The third kappa shape index (κ3) is 4.16. The molecular formula is C20H21F2NO2. The number of halogens is 2. The van der Waals surface area contributed by atoms with Crippen LogP contribution in [0.5, 0.6) is 0 Å². The largest absolute Gasteiger partial charge is 0.481 e. The van der Waals surface area contributed by atoms with Gasteiger partial charge in [-0.3, -0.25) is 4.79 Å². The molecule has 1 aliphatic rings. The van der Waals surface area contributed by atoms with Crippen LogP contribution < -0.4 is 4.90 Å². The number of anilines is 1. The highest BCUT2D eigenvalue weighted by Crippen LogP contribution is 2.37. The third-order valence-corrected chi connectivity index (χ3v) is 4.71. The van der Waals surface area contributed by atoms with Crippen LogP contribution in [0.1, 0.15) is 29.5 Å². The summed E-state index contributed by atoms with van der Waals surface area (Å²) >= 11 is 0. The number of benzene rings is 2. The Hall–Kier alpha value is -2.43. The minimum Gasteiger partial charge on any atom is -0.481 e. The fourth-order valence-electron chi connectivity index (χ4n) is 3.42. The molecule has 1 fully saturated rings. The molecule has 0 aromatic heterocycles. The number of hydrogen-bond donors (Lipinski definition) is 1. The van der Waals surface area contributed by atoms with Gasteiger partial charge in [-0.15, -0.1) is 0 Å². The van der Waals surface area contributed by atoms with Crippen LogP contribution in [0.2, 0.25) is 0 Å². The molecule has 1 N–H and O–H groups in total. The Morgan fingerprint density at radius 1 is 1.20 bits per heavy atom. The van der Waals surface area contributed by atoms with E-state index in [0.29, 0.717) is 5.69 Å². The maximum atomic E-state index is 13.8. The Morgan fingerprint density at radius 2 is 1.88 bits per heavy atom. The van der Waals surface area contributed by atoms with Crippen LogP contribution in [-0.2, 0) is 11.2 Å². The molecule has 0 saturated carbocycles. The van der Waals surface area contributed by atoms with Crippen LogP contribution in [0.15, 0.2) is 48.5 Å². The summed E-state index contributed by atoms with van der Waals surface area (Å²) in [5, 5.41) is 8.97. The maximum absolute atomic E-state index is 13.8. The molecule has 3 nitrogen and oxygen atoms in total. The number of carboxylic acid groups (broad SMARTS) is 1. The van der Waals surface area contributed by atoms with Gasteiger partial charge in [0.15, 0.2) is 0 Å². The Labute approximate surface area is 145 Å². The van der Waals surface area contributed by atoms with E-state index in [9.17, 15) is 13.6 Å². The van der Waals surface area contributed by atoms with Crippen molar-refractivity contribution in [2.45, 2.75) is 38.2 Å². The summed E-state index contributed by atoms with van der Waals surface area (Å²) in [6.07, 6.45) is 0.0898. The summed E-state index contributed by atoms with van der Waals surface area (Å²) in [7, 11) is 0. The van der Waals surface area contributed by atoms with Crippen molar-refractivity contribution >= 4 is 11.7 Å². The van der Waals surface area contributed by atoms with Gasteiger partial charge in [0.2, 0.25) is 0 Å². The van der Waals surface area contributed by atoms with Crippen molar-refractivity contribution < 1.29 is 18.7 Å². The lowest BCUT2D eigenvalue weighted by molar-refractivity contribution is -0.137. The second-order valence-electron chi connectivity index (χ2n) is 6.71. The van der Waals surface area contributed by atoms with Gasteiger partial charge in [-0.2, -0.15) is 0 Å². The molecule has 0 spiro atoms. The third-order valence-electron chi connectivity index (χ3n) is 4.71. The molecule has 1 unspecified atom stereocenters. The molecule has 5 heteroatoms. The topological polar surface area (TPSA) is 40.5 Å². The molecule has 1 aliphatic heterocycles. The zero-order valence-corrected chi connectivity index (χ0v) is 14.1. The van der Waals surface area contributed by atoms with Crippen molar-refractivity contribution in [2.75, 3.05) is 11.4 Å². The molecule has 0 aliphatic carbocycles. The number of carbonyl (C=O) groups is 1. The molecule has 1 heterocycles. The lowest BCUT2D eigenvalue weighted by Crippen LogP contribution is -2.31. The quantitative estimate of drug-likeness (QED) is 0.879. The summed E-state index contributed by atoms with van der Waals surface area (Å²) in [6.45, 7) is 1.63. The van der Waals surface area contributed by atoms with E-state index in [1.54, 1.807) is 0 Å². The molecule has 0 radical (unpaired) electrons. The molecular weight excluding hydrogens is 324 g/mol. The van der Waals surface area contributed by atoms with Gasteiger partial charge in [0.25, 0.3) is 5.92 Å². The van der Waals surface area contributed by atoms with Gasteiger partial charge in [-0.25, -0.2) is 8.78 Å².